The highest BCUT2D eigenvalue weighted by Crippen LogP contribution is 2.26. The molecule has 0 aromatic heterocycles. The molecule has 0 spiro atoms. The zero-order chi connectivity index (χ0) is 18.4. The number of carboxylic acid groups (broad SMARTS) is 1. The molecule has 1 N–H and O–H groups in total. The second-order valence-electron chi connectivity index (χ2n) is 6.17. The number of benzene rings is 1. The summed E-state index contributed by atoms with van der Waals surface area (Å²) in [7, 11) is 1.66. The summed E-state index contributed by atoms with van der Waals surface area (Å²) in [5.41, 5.74) is 2.07. The maximum atomic E-state index is 12.5. The Morgan fingerprint density at radius 2 is 1.84 bits per heavy atom. The minimum absolute atomic E-state index is 0.0484. The lowest BCUT2D eigenvalue weighted by molar-refractivity contribution is -0.139. The Kier molecular flexibility index (Phi) is 6.78. The Hall–Kier alpha value is -2.12. The lowest BCUT2D eigenvalue weighted by Crippen LogP contribution is -2.54. The summed E-state index contributed by atoms with van der Waals surface area (Å²) in [5.74, 6) is -0.564. The number of methoxy groups -OCH3 is 1. The van der Waals surface area contributed by atoms with Crippen LogP contribution in [0.4, 0.5) is 0 Å². The molecule has 0 unspecified atom stereocenters. The van der Waals surface area contributed by atoms with Crippen molar-refractivity contribution < 1.29 is 28.9 Å². The Morgan fingerprint density at radius 3 is 2.40 bits per heavy atom. The fraction of sp³-hybridized carbons (Fsp3) is 0.556. The van der Waals surface area contributed by atoms with Gasteiger partial charge in [-0.2, -0.15) is 0 Å². The van der Waals surface area contributed by atoms with Gasteiger partial charge in [-0.05, 0) is 43.5 Å². The van der Waals surface area contributed by atoms with Crippen LogP contribution in [0.3, 0.4) is 0 Å². The maximum Gasteiger partial charge on any atom is 0.341 e. The molecule has 1 saturated heterocycles. The summed E-state index contributed by atoms with van der Waals surface area (Å²) in [6, 6.07) is 3.47. The van der Waals surface area contributed by atoms with E-state index in [2.05, 4.69) is 0 Å². The molecule has 0 bridgehead atoms. The van der Waals surface area contributed by atoms with E-state index in [9.17, 15) is 9.59 Å². The molecule has 0 aliphatic carbocycles. The molecule has 7 heteroatoms. The number of carbonyl (C=O) groups is 2. The van der Waals surface area contributed by atoms with Crippen molar-refractivity contribution >= 4 is 11.9 Å². The van der Waals surface area contributed by atoms with Crippen molar-refractivity contribution in [2.24, 2.45) is 0 Å². The SMILES string of the molecule is COCCCOC1CN(C(=O)c2cc(C)c(OCC(=O)O)c(C)c2)C1. The predicted molar refractivity (Wildman–Crippen MR) is 91.2 cm³/mol. The van der Waals surface area contributed by atoms with Crippen LogP contribution >= 0.6 is 0 Å². The van der Waals surface area contributed by atoms with Crippen molar-refractivity contribution in [3.63, 3.8) is 0 Å². The van der Waals surface area contributed by atoms with Crippen molar-refractivity contribution in [3.05, 3.63) is 28.8 Å². The lowest BCUT2D eigenvalue weighted by Gasteiger charge is -2.39. The monoisotopic (exact) mass is 351 g/mol. The molecular formula is C18H25NO6. The van der Waals surface area contributed by atoms with Crippen molar-refractivity contribution in [1.82, 2.24) is 4.90 Å². The minimum atomic E-state index is -1.03. The second-order valence-corrected chi connectivity index (χ2v) is 6.17. The first-order valence-electron chi connectivity index (χ1n) is 8.28. The van der Waals surface area contributed by atoms with E-state index in [1.807, 2.05) is 0 Å². The highest BCUT2D eigenvalue weighted by molar-refractivity contribution is 5.95. The Morgan fingerprint density at radius 1 is 1.20 bits per heavy atom. The zero-order valence-corrected chi connectivity index (χ0v) is 14.9. The molecule has 1 aromatic rings. The van der Waals surface area contributed by atoms with Gasteiger partial charge in [0.2, 0.25) is 0 Å². The van der Waals surface area contributed by atoms with E-state index in [1.165, 1.54) is 0 Å². The Balaban J connectivity index is 1.89. The van der Waals surface area contributed by atoms with E-state index in [4.69, 9.17) is 19.3 Å². The minimum Gasteiger partial charge on any atom is -0.481 e. The largest absolute Gasteiger partial charge is 0.481 e. The average Bonchev–Trinajstić information content (AvgIpc) is 2.51. The van der Waals surface area contributed by atoms with Gasteiger partial charge in [0.25, 0.3) is 5.91 Å². The number of hydrogen-bond acceptors (Lipinski definition) is 5. The molecule has 0 atom stereocenters. The van der Waals surface area contributed by atoms with Gasteiger partial charge in [0.1, 0.15) is 5.75 Å². The average molecular weight is 351 g/mol. The standard InChI is InChI=1S/C18H25NO6/c1-12-7-14(8-13(2)17(12)25-11-16(20)21)18(22)19-9-15(10-19)24-6-4-5-23-3/h7-8,15H,4-6,9-11H2,1-3H3,(H,20,21). The van der Waals surface area contributed by atoms with Gasteiger partial charge in [-0.15, -0.1) is 0 Å². The van der Waals surface area contributed by atoms with E-state index in [1.54, 1.807) is 38.0 Å². The summed E-state index contributed by atoms with van der Waals surface area (Å²) >= 11 is 0. The molecule has 7 nitrogen and oxygen atoms in total. The van der Waals surface area contributed by atoms with Crippen LogP contribution < -0.4 is 4.74 Å². The van der Waals surface area contributed by atoms with Crippen molar-refractivity contribution in [2.75, 3.05) is 40.0 Å². The maximum absolute atomic E-state index is 12.5. The highest BCUT2D eigenvalue weighted by Gasteiger charge is 2.32. The molecule has 1 aliphatic rings. The molecule has 138 valence electrons. The van der Waals surface area contributed by atoms with Crippen molar-refractivity contribution in [3.8, 4) is 5.75 Å². The number of likely N-dealkylation sites (tertiary alicyclic amines) is 1. The van der Waals surface area contributed by atoms with Crippen LogP contribution in [0.25, 0.3) is 0 Å². The summed E-state index contributed by atoms with van der Waals surface area (Å²) in [4.78, 5) is 24.9. The van der Waals surface area contributed by atoms with E-state index in [0.717, 1.165) is 17.5 Å². The molecule has 2 rings (SSSR count). The molecule has 25 heavy (non-hydrogen) atoms. The fourth-order valence-corrected chi connectivity index (χ4v) is 2.78. The second kappa shape index (κ2) is 8.82. The Labute approximate surface area is 147 Å². The first kappa shape index (κ1) is 19.2. The summed E-state index contributed by atoms with van der Waals surface area (Å²) < 4.78 is 15.9. The van der Waals surface area contributed by atoms with Crippen LogP contribution in [-0.4, -0.2) is 68.0 Å². The molecular weight excluding hydrogens is 326 g/mol. The number of carboxylic acids is 1. The number of amides is 1. The molecule has 1 amide bonds. The van der Waals surface area contributed by atoms with E-state index < -0.39 is 12.6 Å². The summed E-state index contributed by atoms with van der Waals surface area (Å²) in [6.45, 7) is 5.68. The van der Waals surface area contributed by atoms with Crippen molar-refractivity contribution in [1.29, 1.82) is 0 Å². The third kappa shape index (κ3) is 5.17. The topological polar surface area (TPSA) is 85.3 Å². The zero-order valence-electron chi connectivity index (χ0n) is 14.9. The number of nitrogens with zero attached hydrogens (tertiary/aromatic N) is 1. The van der Waals surface area contributed by atoms with Crippen LogP contribution in [0.1, 0.15) is 27.9 Å². The van der Waals surface area contributed by atoms with E-state index in [-0.39, 0.29) is 12.0 Å². The van der Waals surface area contributed by atoms with Crippen LogP contribution in [0.5, 0.6) is 5.75 Å². The van der Waals surface area contributed by atoms with E-state index in [0.29, 0.717) is 37.6 Å². The third-order valence-electron chi connectivity index (χ3n) is 4.03. The predicted octanol–water partition coefficient (Wildman–Crippen LogP) is 1.64. The number of aryl methyl sites for hydroxylation is 2. The molecule has 0 saturated carbocycles. The van der Waals surface area contributed by atoms with Gasteiger partial charge in [-0.1, -0.05) is 0 Å². The van der Waals surface area contributed by atoms with Crippen LogP contribution in [0.15, 0.2) is 12.1 Å². The lowest BCUT2D eigenvalue weighted by atomic mass is 10.0. The van der Waals surface area contributed by atoms with Crippen LogP contribution in [-0.2, 0) is 14.3 Å². The van der Waals surface area contributed by atoms with Gasteiger partial charge in [-0.3, -0.25) is 4.79 Å². The molecule has 1 fully saturated rings. The van der Waals surface area contributed by atoms with Gasteiger partial charge >= 0.3 is 5.97 Å². The van der Waals surface area contributed by atoms with Gasteiger partial charge in [0, 0.05) is 39.0 Å². The number of rotatable bonds is 9. The van der Waals surface area contributed by atoms with Gasteiger partial charge in [0.05, 0.1) is 6.10 Å². The normalized spacial score (nSPS) is 14.3. The summed E-state index contributed by atoms with van der Waals surface area (Å²) in [5, 5.41) is 8.72. The Bertz CT molecular complexity index is 601. The van der Waals surface area contributed by atoms with Gasteiger partial charge < -0.3 is 24.2 Å². The van der Waals surface area contributed by atoms with Crippen molar-refractivity contribution in [2.45, 2.75) is 26.4 Å². The van der Waals surface area contributed by atoms with Crippen LogP contribution in [0.2, 0.25) is 0 Å². The number of ether oxygens (including phenoxy) is 3. The smallest absolute Gasteiger partial charge is 0.341 e. The number of carbonyl (C=O) groups excluding carboxylic acids is 1. The molecule has 1 heterocycles. The number of aliphatic carboxylic acids is 1. The highest BCUT2D eigenvalue weighted by atomic mass is 16.5. The first-order chi connectivity index (χ1) is 11.9. The summed E-state index contributed by atoms with van der Waals surface area (Å²) in [6.07, 6.45) is 0.929. The van der Waals surface area contributed by atoms with Gasteiger partial charge in [-0.25, -0.2) is 4.79 Å². The van der Waals surface area contributed by atoms with Crippen LogP contribution in [0, 0.1) is 13.8 Å². The van der Waals surface area contributed by atoms with Gasteiger partial charge in [0.15, 0.2) is 6.61 Å². The molecule has 1 aromatic carbocycles. The van der Waals surface area contributed by atoms with E-state index >= 15 is 0 Å². The third-order valence-corrected chi connectivity index (χ3v) is 4.03. The quantitative estimate of drug-likeness (QED) is 0.681. The fourth-order valence-electron chi connectivity index (χ4n) is 2.78. The molecule has 0 radical (unpaired) electrons. The first-order valence-corrected chi connectivity index (χ1v) is 8.28. The molecule has 1 aliphatic heterocycles. The number of hydrogen-bond donors (Lipinski definition) is 1.